The van der Waals surface area contributed by atoms with Crippen LogP contribution in [0.25, 0.3) is 0 Å². The summed E-state index contributed by atoms with van der Waals surface area (Å²) < 4.78 is 5.17. The van der Waals surface area contributed by atoms with E-state index in [0.29, 0.717) is 37.0 Å². The zero-order chi connectivity index (χ0) is 21.8. The number of carbonyl (C=O) groups is 1. The summed E-state index contributed by atoms with van der Waals surface area (Å²) in [6.45, 7) is 4.02. The van der Waals surface area contributed by atoms with Crippen molar-refractivity contribution in [2.24, 2.45) is 4.99 Å². The molecule has 8 heteroatoms. The van der Waals surface area contributed by atoms with Crippen molar-refractivity contribution in [1.82, 2.24) is 20.5 Å². The fraction of sp³-hybridized carbons (Fsp3) is 0.409. The third kappa shape index (κ3) is 7.91. The first kappa shape index (κ1) is 23.5. The van der Waals surface area contributed by atoms with Crippen LogP contribution in [0.3, 0.4) is 0 Å². The molecule has 0 unspecified atom stereocenters. The zero-order valence-electron chi connectivity index (χ0n) is 17.8. The number of guanidine groups is 1. The molecular weight excluding hydrogens is 402 g/mol. The molecule has 0 fully saturated rings. The Hall–Kier alpha value is -2.80. The number of ether oxygens (including phenoxy) is 1. The van der Waals surface area contributed by atoms with Crippen LogP contribution in [-0.4, -0.2) is 62.1 Å². The predicted octanol–water partition coefficient (Wildman–Crippen LogP) is 2.54. The average Bonchev–Trinajstić information content (AvgIpc) is 2.77. The molecule has 1 aromatic carbocycles. The van der Waals surface area contributed by atoms with Gasteiger partial charge < -0.3 is 20.3 Å². The summed E-state index contributed by atoms with van der Waals surface area (Å²) in [5.41, 5.74) is 1.99. The minimum Gasteiger partial charge on any atom is -0.497 e. The van der Waals surface area contributed by atoms with Gasteiger partial charge in [-0.3, -0.25) is 9.78 Å². The number of nitrogens with zero attached hydrogens (tertiary/aromatic N) is 3. The Kier molecular flexibility index (Phi) is 9.94. The van der Waals surface area contributed by atoms with E-state index >= 15 is 0 Å². The molecule has 0 radical (unpaired) electrons. The van der Waals surface area contributed by atoms with Crippen molar-refractivity contribution >= 4 is 23.5 Å². The summed E-state index contributed by atoms with van der Waals surface area (Å²) in [7, 11) is 3.40. The number of halogens is 1. The number of hydrogen-bond donors (Lipinski definition) is 2. The molecule has 7 nitrogen and oxygen atoms in total. The number of pyridine rings is 1. The van der Waals surface area contributed by atoms with E-state index in [4.69, 9.17) is 16.3 Å². The van der Waals surface area contributed by atoms with Crippen LogP contribution in [0.4, 0.5) is 0 Å². The van der Waals surface area contributed by atoms with E-state index in [0.717, 1.165) is 23.4 Å². The molecule has 1 aromatic heterocycles. The summed E-state index contributed by atoms with van der Waals surface area (Å²) in [4.78, 5) is 22.8. The van der Waals surface area contributed by atoms with Gasteiger partial charge in [-0.1, -0.05) is 23.7 Å². The summed E-state index contributed by atoms with van der Waals surface area (Å²) in [6, 6.07) is 11.4. The zero-order valence-corrected chi connectivity index (χ0v) is 18.6. The minimum absolute atomic E-state index is 0.0404. The second-order valence-corrected chi connectivity index (χ2v) is 7.12. The third-order valence-electron chi connectivity index (χ3n) is 4.52. The van der Waals surface area contributed by atoms with Gasteiger partial charge in [0.05, 0.1) is 7.11 Å². The van der Waals surface area contributed by atoms with Gasteiger partial charge in [0, 0.05) is 50.0 Å². The summed E-state index contributed by atoms with van der Waals surface area (Å²) >= 11 is 6.29. The van der Waals surface area contributed by atoms with Crippen molar-refractivity contribution in [2.75, 3.05) is 40.3 Å². The van der Waals surface area contributed by atoms with Gasteiger partial charge in [0.15, 0.2) is 5.96 Å². The number of methoxy groups -OCH3 is 1. The summed E-state index contributed by atoms with van der Waals surface area (Å²) in [5, 5.41) is 7.07. The molecule has 0 bridgehead atoms. The Morgan fingerprint density at radius 1 is 1.23 bits per heavy atom. The molecule has 0 atom stereocenters. The third-order valence-corrected chi connectivity index (χ3v) is 4.87. The second kappa shape index (κ2) is 12.7. The molecule has 2 N–H and O–H groups in total. The maximum Gasteiger partial charge on any atom is 0.244 e. The topological polar surface area (TPSA) is 78.9 Å². The van der Waals surface area contributed by atoms with Crippen molar-refractivity contribution in [3.8, 4) is 5.75 Å². The van der Waals surface area contributed by atoms with Gasteiger partial charge in [0.25, 0.3) is 0 Å². The average molecular weight is 432 g/mol. The lowest BCUT2D eigenvalue weighted by atomic mass is 10.1. The van der Waals surface area contributed by atoms with Crippen LogP contribution in [-0.2, 0) is 17.6 Å². The Morgan fingerprint density at radius 3 is 2.73 bits per heavy atom. The van der Waals surface area contributed by atoms with Gasteiger partial charge in [-0.05, 0) is 43.2 Å². The number of aromatic nitrogens is 1. The molecular formula is C22H30ClN5O2. The fourth-order valence-electron chi connectivity index (χ4n) is 2.74. The second-order valence-electron chi connectivity index (χ2n) is 6.72. The van der Waals surface area contributed by atoms with Gasteiger partial charge >= 0.3 is 0 Å². The Morgan fingerprint density at radius 2 is 2.07 bits per heavy atom. The molecule has 1 amide bonds. The molecule has 2 aromatic rings. The van der Waals surface area contributed by atoms with E-state index in [2.05, 4.69) is 20.6 Å². The number of aliphatic imine (C=N–C) groups is 1. The van der Waals surface area contributed by atoms with Crippen LogP contribution in [0.1, 0.15) is 18.2 Å². The lowest BCUT2D eigenvalue weighted by Gasteiger charge is -2.17. The van der Waals surface area contributed by atoms with E-state index in [9.17, 15) is 4.79 Å². The molecule has 0 saturated carbocycles. The number of amides is 1. The smallest absolute Gasteiger partial charge is 0.244 e. The highest BCUT2D eigenvalue weighted by Gasteiger charge is 2.09. The molecule has 0 spiro atoms. The van der Waals surface area contributed by atoms with Crippen molar-refractivity contribution < 1.29 is 9.53 Å². The molecule has 0 aliphatic heterocycles. The van der Waals surface area contributed by atoms with E-state index < -0.39 is 0 Å². The van der Waals surface area contributed by atoms with Gasteiger partial charge in [-0.25, -0.2) is 4.99 Å². The Bertz CT molecular complexity index is 830. The number of nitrogens with one attached hydrogen (secondary N) is 2. The van der Waals surface area contributed by atoms with Crippen molar-refractivity contribution in [1.29, 1.82) is 0 Å². The summed E-state index contributed by atoms with van der Waals surface area (Å²) in [6.07, 6.45) is 3.20. The Labute approximate surface area is 183 Å². The maximum atomic E-state index is 12.4. The quantitative estimate of drug-likeness (QED) is 0.446. The number of rotatable bonds is 10. The minimum atomic E-state index is -0.0404. The molecule has 162 valence electrons. The fourth-order valence-corrected chi connectivity index (χ4v) is 3.00. The van der Waals surface area contributed by atoms with Crippen LogP contribution < -0.4 is 15.4 Å². The normalized spacial score (nSPS) is 11.1. The lowest BCUT2D eigenvalue weighted by Crippen LogP contribution is -2.39. The van der Waals surface area contributed by atoms with Crippen LogP contribution in [0.5, 0.6) is 5.75 Å². The largest absolute Gasteiger partial charge is 0.497 e. The molecule has 0 aliphatic carbocycles. The van der Waals surface area contributed by atoms with E-state index in [1.54, 1.807) is 31.3 Å². The maximum absolute atomic E-state index is 12.4. The first-order chi connectivity index (χ1) is 14.5. The highest BCUT2D eigenvalue weighted by atomic mass is 35.5. The highest BCUT2D eigenvalue weighted by Crippen LogP contribution is 2.22. The predicted molar refractivity (Wildman–Crippen MR) is 121 cm³/mol. The highest BCUT2D eigenvalue weighted by molar-refractivity contribution is 6.31. The number of benzene rings is 1. The van der Waals surface area contributed by atoms with Crippen molar-refractivity contribution in [2.45, 2.75) is 19.8 Å². The number of hydrogen-bond acceptors (Lipinski definition) is 4. The lowest BCUT2D eigenvalue weighted by molar-refractivity contribution is -0.128. The number of carbonyl (C=O) groups excluding carboxylic acids is 1. The molecule has 2 rings (SSSR count). The molecule has 1 heterocycles. The monoisotopic (exact) mass is 431 g/mol. The Balaban J connectivity index is 1.81. The van der Waals surface area contributed by atoms with Crippen LogP contribution in [0, 0.1) is 0 Å². The van der Waals surface area contributed by atoms with Crippen LogP contribution in [0.15, 0.2) is 47.6 Å². The van der Waals surface area contributed by atoms with Crippen molar-refractivity contribution in [3.63, 3.8) is 0 Å². The molecule has 30 heavy (non-hydrogen) atoms. The van der Waals surface area contributed by atoms with E-state index in [1.165, 1.54) is 0 Å². The van der Waals surface area contributed by atoms with Gasteiger partial charge in [0.2, 0.25) is 5.91 Å². The number of likely N-dealkylation sites (N-methyl/N-ethyl adjacent to an activating group) is 1. The van der Waals surface area contributed by atoms with Crippen LogP contribution in [0.2, 0.25) is 5.02 Å². The van der Waals surface area contributed by atoms with Crippen LogP contribution >= 0.6 is 11.6 Å². The first-order valence-corrected chi connectivity index (χ1v) is 10.4. The summed E-state index contributed by atoms with van der Waals surface area (Å²) in [5.74, 6) is 1.30. The SMILES string of the molecule is CCNC(=NCC(=O)N(C)CCc1ccccn1)NCCc1ccc(OC)cc1Cl. The molecule has 0 saturated heterocycles. The standard InChI is InChI=1S/C22H30ClN5O2/c1-4-24-22(26-13-10-17-8-9-19(30-3)15-20(17)23)27-16-21(29)28(2)14-11-18-7-5-6-12-25-18/h5-9,12,15H,4,10-11,13-14,16H2,1-3H3,(H2,24,26,27). The first-order valence-electron chi connectivity index (χ1n) is 10.0. The van der Waals surface area contributed by atoms with E-state index in [1.807, 2.05) is 37.3 Å². The van der Waals surface area contributed by atoms with E-state index in [-0.39, 0.29) is 12.5 Å². The van der Waals surface area contributed by atoms with Gasteiger partial charge in [-0.15, -0.1) is 0 Å². The molecule has 0 aliphatic rings. The van der Waals surface area contributed by atoms with Crippen molar-refractivity contribution in [3.05, 3.63) is 58.9 Å². The van der Waals surface area contributed by atoms with Gasteiger partial charge in [-0.2, -0.15) is 0 Å². The van der Waals surface area contributed by atoms with Gasteiger partial charge in [0.1, 0.15) is 12.3 Å².